The second-order valence-electron chi connectivity index (χ2n) is 13.8. The quantitative estimate of drug-likeness (QED) is 0.154. The molecule has 0 spiro atoms. The van der Waals surface area contributed by atoms with E-state index in [1.165, 1.54) is 16.5 Å². The fraction of sp³-hybridized carbons (Fsp3) is 0. The number of para-hydroxylation sites is 1. The zero-order chi connectivity index (χ0) is 37.3. The summed E-state index contributed by atoms with van der Waals surface area (Å²) in [5, 5.41) is 3.46. The van der Waals surface area contributed by atoms with Crippen molar-refractivity contribution in [3.63, 3.8) is 0 Å². The number of hydrogen-bond acceptors (Lipinski definition) is 4. The van der Waals surface area contributed by atoms with E-state index in [-0.39, 0.29) is 0 Å². The molecule has 0 aliphatic rings. The smallest absolute Gasteiger partial charge is 0.164 e. The van der Waals surface area contributed by atoms with Gasteiger partial charge in [0, 0.05) is 38.4 Å². The Balaban J connectivity index is 1.06. The van der Waals surface area contributed by atoms with Gasteiger partial charge in [0.15, 0.2) is 17.5 Å². The first-order chi connectivity index (χ1) is 27.8. The van der Waals surface area contributed by atoms with Crippen LogP contribution < -0.4 is 0 Å². The maximum Gasteiger partial charge on any atom is 0.164 e. The maximum atomic E-state index is 5.32. The van der Waals surface area contributed by atoms with Crippen LogP contribution in [-0.4, -0.2) is 19.9 Å². The summed E-state index contributed by atoms with van der Waals surface area (Å²) in [5.41, 5.74) is 12.8. The van der Waals surface area contributed by atoms with Crippen LogP contribution in [0.25, 0.3) is 100 Å². The van der Waals surface area contributed by atoms with Crippen molar-refractivity contribution in [2.24, 2.45) is 0 Å². The van der Waals surface area contributed by atoms with Crippen LogP contribution in [0.2, 0.25) is 0 Å². The zero-order valence-electron chi connectivity index (χ0n) is 30.4. The Hall–Kier alpha value is -7.56. The molecule has 0 radical (unpaired) electrons. The van der Waals surface area contributed by atoms with Crippen molar-refractivity contribution < 1.29 is 0 Å². The van der Waals surface area contributed by atoms with Gasteiger partial charge >= 0.3 is 0 Å². The third kappa shape index (κ3) is 6.19. The highest BCUT2D eigenvalue weighted by atomic mass is 15.0. The molecule has 0 N–H and O–H groups in total. The van der Waals surface area contributed by atoms with Gasteiger partial charge in [0.1, 0.15) is 0 Å². The molecule has 0 unspecified atom stereocenters. The van der Waals surface area contributed by atoms with Gasteiger partial charge in [0.2, 0.25) is 0 Å². The van der Waals surface area contributed by atoms with Crippen LogP contribution in [0, 0.1) is 0 Å². The van der Waals surface area contributed by atoms with E-state index >= 15 is 0 Å². The maximum absolute atomic E-state index is 5.32. The van der Waals surface area contributed by atoms with Gasteiger partial charge in [0.25, 0.3) is 0 Å². The lowest BCUT2D eigenvalue weighted by Gasteiger charge is -2.17. The van der Waals surface area contributed by atoms with Gasteiger partial charge in [-0.05, 0) is 45.5 Å². The summed E-state index contributed by atoms with van der Waals surface area (Å²) in [7, 11) is 0. The molecule has 0 aliphatic carbocycles. The summed E-state index contributed by atoms with van der Waals surface area (Å²) in [6, 6.07) is 71.8. The molecular weight excluding hydrogens is 681 g/mol. The van der Waals surface area contributed by atoms with E-state index < -0.39 is 0 Å². The zero-order valence-corrected chi connectivity index (χ0v) is 30.4. The fourth-order valence-corrected chi connectivity index (χ4v) is 7.62. The van der Waals surface area contributed by atoms with E-state index in [0.29, 0.717) is 17.5 Å². The minimum atomic E-state index is 0.638. The minimum absolute atomic E-state index is 0.638. The normalized spacial score (nSPS) is 11.2. The van der Waals surface area contributed by atoms with Gasteiger partial charge in [-0.3, -0.25) is 0 Å². The number of rotatable bonds is 7. The van der Waals surface area contributed by atoms with Crippen molar-refractivity contribution in [2.45, 2.75) is 0 Å². The van der Waals surface area contributed by atoms with Gasteiger partial charge in [-0.2, -0.15) is 0 Å². The standard InChI is InChI=1S/C52H34N4/c1-4-16-36(17-5-1)42-24-10-11-25-44(42)49-46-28-15-27-43(48(46)45-26-12-13-29-47(45)53-49)41-23-14-22-40(34-41)35-30-32-39(33-31-35)52-55-50(37-18-6-2-7-19-37)54-51(56-52)38-20-8-3-9-21-38/h1-34H. The third-order valence-corrected chi connectivity index (χ3v) is 10.3. The second-order valence-corrected chi connectivity index (χ2v) is 13.8. The van der Waals surface area contributed by atoms with Crippen LogP contribution in [0.5, 0.6) is 0 Å². The SMILES string of the molecule is c1ccc(-c2nc(-c3ccccc3)nc(-c3ccc(-c4cccc(-c5cccc6c(-c7ccccc7-c7ccccc7)nc7ccccc7c56)c4)cc3)n2)cc1. The first kappa shape index (κ1) is 33.0. The first-order valence-corrected chi connectivity index (χ1v) is 18.8. The Morgan fingerprint density at radius 1 is 0.250 bits per heavy atom. The molecule has 56 heavy (non-hydrogen) atoms. The molecular formula is C52H34N4. The lowest BCUT2D eigenvalue weighted by molar-refractivity contribution is 1.07. The minimum Gasteiger partial charge on any atom is -0.247 e. The number of benzene rings is 8. The average molecular weight is 715 g/mol. The Labute approximate surface area is 325 Å². The Morgan fingerprint density at radius 3 is 1.36 bits per heavy atom. The van der Waals surface area contributed by atoms with E-state index in [0.717, 1.165) is 66.5 Å². The van der Waals surface area contributed by atoms with Crippen molar-refractivity contribution >= 4 is 21.7 Å². The summed E-state index contributed by atoms with van der Waals surface area (Å²) in [5.74, 6) is 1.94. The number of aromatic nitrogens is 4. The third-order valence-electron chi connectivity index (χ3n) is 10.3. The van der Waals surface area contributed by atoms with E-state index in [1.807, 2.05) is 60.7 Å². The molecule has 2 aromatic heterocycles. The Kier molecular flexibility index (Phi) is 8.47. The molecule has 0 atom stereocenters. The highest BCUT2D eigenvalue weighted by Gasteiger charge is 2.18. The number of hydrogen-bond donors (Lipinski definition) is 0. The molecule has 10 rings (SSSR count). The highest BCUT2D eigenvalue weighted by molar-refractivity contribution is 6.17. The Bertz CT molecular complexity index is 2940. The van der Waals surface area contributed by atoms with Crippen LogP contribution in [0.15, 0.2) is 206 Å². The molecule has 4 heteroatoms. The number of nitrogens with zero attached hydrogens (tertiary/aromatic N) is 4. The van der Waals surface area contributed by atoms with Gasteiger partial charge < -0.3 is 0 Å². The van der Waals surface area contributed by atoms with Gasteiger partial charge in [-0.25, -0.2) is 19.9 Å². The summed E-state index contributed by atoms with van der Waals surface area (Å²) in [4.78, 5) is 20.0. The second kappa shape index (κ2) is 14.3. The van der Waals surface area contributed by atoms with Crippen LogP contribution >= 0.6 is 0 Å². The molecule has 0 saturated heterocycles. The van der Waals surface area contributed by atoms with Crippen molar-refractivity contribution in [3.8, 4) is 78.8 Å². The molecule has 0 fully saturated rings. The number of fused-ring (bicyclic) bond motifs is 3. The molecule has 0 aliphatic heterocycles. The summed E-state index contributed by atoms with van der Waals surface area (Å²) < 4.78 is 0. The average Bonchev–Trinajstić information content (AvgIpc) is 3.29. The van der Waals surface area contributed by atoms with E-state index in [1.54, 1.807) is 0 Å². The summed E-state index contributed by atoms with van der Waals surface area (Å²) in [6.07, 6.45) is 0. The molecule has 0 bridgehead atoms. The predicted octanol–water partition coefficient (Wildman–Crippen LogP) is 13.2. The largest absolute Gasteiger partial charge is 0.247 e. The topological polar surface area (TPSA) is 51.6 Å². The van der Waals surface area contributed by atoms with Crippen LogP contribution in [0.3, 0.4) is 0 Å². The Morgan fingerprint density at radius 2 is 0.696 bits per heavy atom. The van der Waals surface area contributed by atoms with Gasteiger partial charge in [0.05, 0.1) is 11.2 Å². The van der Waals surface area contributed by atoms with Crippen molar-refractivity contribution in [1.29, 1.82) is 0 Å². The highest BCUT2D eigenvalue weighted by Crippen LogP contribution is 2.42. The molecule has 0 amide bonds. The van der Waals surface area contributed by atoms with Crippen molar-refractivity contribution in [3.05, 3.63) is 206 Å². The lowest BCUT2D eigenvalue weighted by atomic mass is 9.90. The van der Waals surface area contributed by atoms with E-state index in [4.69, 9.17) is 19.9 Å². The molecule has 4 nitrogen and oxygen atoms in total. The van der Waals surface area contributed by atoms with E-state index in [2.05, 4.69) is 146 Å². The van der Waals surface area contributed by atoms with Crippen LogP contribution in [0.4, 0.5) is 0 Å². The fourth-order valence-electron chi connectivity index (χ4n) is 7.62. The molecule has 10 aromatic rings. The first-order valence-electron chi connectivity index (χ1n) is 18.8. The predicted molar refractivity (Wildman–Crippen MR) is 231 cm³/mol. The van der Waals surface area contributed by atoms with Crippen molar-refractivity contribution in [1.82, 2.24) is 19.9 Å². The van der Waals surface area contributed by atoms with Crippen LogP contribution in [-0.2, 0) is 0 Å². The van der Waals surface area contributed by atoms with Gasteiger partial charge in [-0.15, -0.1) is 0 Å². The van der Waals surface area contributed by atoms with E-state index in [9.17, 15) is 0 Å². The molecule has 262 valence electrons. The number of pyridine rings is 1. The summed E-state index contributed by atoms with van der Waals surface area (Å²) >= 11 is 0. The monoisotopic (exact) mass is 714 g/mol. The van der Waals surface area contributed by atoms with Crippen LogP contribution in [0.1, 0.15) is 0 Å². The van der Waals surface area contributed by atoms with Gasteiger partial charge in [-0.1, -0.05) is 194 Å². The molecule has 0 saturated carbocycles. The summed E-state index contributed by atoms with van der Waals surface area (Å²) in [6.45, 7) is 0. The molecule has 8 aromatic carbocycles. The van der Waals surface area contributed by atoms with Crippen molar-refractivity contribution in [2.75, 3.05) is 0 Å². The molecule has 2 heterocycles. The lowest BCUT2D eigenvalue weighted by Crippen LogP contribution is -2.00.